The van der Waals surface area contributed by atoms with Crippen molar-refractivity contribution < 1.29 is 18.7 Å². The first-order valence-corrected chi connectivity index (χ1v) is 13.6. The normalized spacial score (nSPS) is 16.9. The van der Waals surface area contributed by atoms with E-state index in [1.807, 2.05) is 42.5 Å². The maximum atomic E-state index is 14.4. The fourth-order valence-corrected chi connectivity index (χ4v) is 5.59. The van der Waals surface area contributed by atoms with Crippen molar-refractivity contribution in [3.05, 3.63) is 100 Å². The lowest BCUT2D eigenvalue weighted by Gasteiger charge is -2.30. The standard InChI is InChI=1S/C30H30FN3O3S/c31-25-7-2-1-6-24(25)21-34-26-8-3-4-9-27(26)38-28(30(34)36)20-22-10-12-23(13-11-22)29(35)32-14-5-15-33-16-18-37-19-17-33/h1-4,6-13,20H,5,14-19,21H2,(H,32,35). The Morgan fingerprint density at radius 1 is 1.00 bits per heavy atom. The quantitative estimate of drug-likeness (QED) is 0.329. The van der Waals surface area contributed by atoms with E-state index in [0.717, 1.165) is 55.4 Å². The second-order valence-corrected chi connectivity index (χ2v) is 10.3. The molecule has 0 aliphatic carbocycles. The number of ether oxygens (including phenoxy) is 1. The van der Waals surface area contributed by atoms with Crippen molar-refractivity contribution >= 4 is 35.3 Å². The number of benzene rings is 3. The van der Waals surface area contributed by atoms with Gasteiger partial charge in [0, 0.05) is 35.7 Å². The van der Waals surface area contributed by atoms with Crippen LogP contribution in [0.4, 0.5) is 10.1 Å². The molecule has 1 fully saturated rings. The van der Waals surface area contributed by atoms with Gasteiger partial charge in [-0.25, -0.2) is 4.39 Å². The molecule has 196 valence electrons. The van der Waals surface area contributed by atoms with E-state index in [1.54, 1.807) is 35.2 Å². The summed E-state index contributed by atoms with van der Waals surface area (Å²) in [5, 5.41) is 2.98. The average Bonchev–Trinajstić information content (AvgIpc) is 2.95. The molecule has 2 aliphatic rings. The Morgan fingerprint density at radius 2 is 1.74 bits per heavy atom. The number of thioether (sulfide) groups is 1. The lowest BCUT2D eigenvalue weighted by Crippen LogP contribution is -2.38. The van der Waals surface area contributed by atoms with Crippen LogP contribution in [0.3, 0.4) is 0 Å². The molecule has 1 N–H and O–H groups in total. The van der Waals surface area contributed by atoms with Crippen LogP contribution in [-0.4, -0.2) is 56.1 Å². The van der Waals surface area contributed by atoms with Gasteiger partial charge in [0.25, 0.3) is 11.8 Å². The number of halogens is 1. The number of fused-ring (bicyclic) bond motifs is 1. The average molecular weight is 532 g/mol. The highest BCUT2D eigenvalue weighted by molar-refractivity contribution is 8.04. The van der Waals surface area contributed by atoms with Gasteiger partial charge in [-0.05, 0) is 54.9 Å². The monoisotopic (exact) mass is 531 g/mol. The predicted molar refractivity (Wildman–Crippen MR) is 149 cm³/mol. The summed E-state index contributed by atoms with van der Waals surface area (Å²) in [5.41, 5.74) is 2.62. The third kappa shape index (κ3) is 6.32. The van der Waals surface area contributed by atoms with E-state index in [2.05, 4.69) is 10.2 Å². The molecule has 0 spiro atoms. The molecular weight excluding hydrogens is 501 g/mol. The molecule has 8 heteroatoms. The Kier molecular flexibility index (Phi) is 8.53. The zero-order valence-electron chi connectivity index (χ0n) is 21.1. The summed E-state index contributed by atoms with van der Waals surface area (Å²) in [6, 6.07) is 21.4. The lowest BCUT2D eigenvalue weighted by atomic mass is 10.1. The molecule has 3 aromatic rings. The first-order valence-electron chi connectivity index (χ1n) is 12.8. The molecule has 5 rings (SSSR count). The molecule has 2 amide bonds. The molecule has 0 aromatic heterocycles. The molecule has 1 saturated heterocycles. The summed E-state index contributed by atoms with van der Waals surface area (Å²) in [4.78, 5) is 31.5. The summed E-state index contributed by atoms with van der Waals surface area (Å²) in [6.45, 7) is 5.13. The number of hydrogen-bond acceptors (Lipinski definition) is 5. The van der Waals surface area contributed by atoms with E-state index in [1.165, 1.54) is 17.8 Å². The number of nitrogens with one attached hydrogen (secondary N) is 1. The van der Waals surface area contributed by atoms with Crippen LogP contribution in [0.5, 0.6) is 0 Å². The van der Waals surface area contributed by atoms with Gasteiger partial charge in [-0.2, -0.15) is 0 Å². The van der Waals surface area contributed by atoms with E-state index in [0.29, 0.717) is 22.6 Å². The number of rotatable bonds is 8. The first kappa shape index (κ1) is 26.2. The maximum Gasteiger partial charge on any atom is 0.265 e. The largest absolute Gasteiger partial charge is 0.379 e. The molecule has 0 atom stereocenters. The number of carbonyl (C=O) groups excluding carboxylic acids is 2. The molecule has 0 bridgehead atoms. The predicted octanol–water partition coefficient (Wildman–Crippen LogP) is 4.96. The van der Waals surface area contributed by atoms with Gasteiger partial charge in [0.05, 0.1) is 30.4 Å². The Morgan fingerprint density at radius 3 is 2.53 bits per heavy atom. The van der Waals surface area contributed by atoms with Crippen LogP contribution >= 0.6 is 11.8 Å². The summed E-state index contributed by atoms with van der Waals surface area (Å²) in [7, 11) is 0. The van der Waals surface area contributed by atoms with Gasteiger partial charge in [-0.1, -0.05) is 54.2 Å². The smallest absolute Gasteiger partial charge is 0.265 e. The third-order valence-electron chi connectivity index (χ3n) is 6.63. The first-order chi connectivity index (χ1) is 18.6. The van der Waals surface area contributed by atoms with Gasteiger partial charge in [0.15, 0.2) is 0 Å². The number of nitrogens with zero attached hydrogens (tertiary/aromatic N) is 2. The fourth-order valence-electron chi connectivity index (χ4n) is 4.53. The summed E-state index contributed by atoms with van der Waals surface area (Å²) < 4.78 is 19.7. The van der Waals surface area contributed by atoms with Crippen LogP contribution in [0, 0.1) is 5.82 Å². The Labute approximate surface area is 226 Å². The molecule has 0 unspecified atom stereocenters. The number of anilines is 1. The number of para-hydroxylation sites is 1. The SMILES string of the molecule is O=C(NCCCN1CCOCC1)c1ccc(C=C2Sc3ccccc3N(Cc3ccccc3F)C2=O)cc1. The highest BCUT2D eigenvalue weighted by atomic mass is 32.2. The van der Waals surface area contributed by atoms with E-state index >= 15 is 0 Å². The number of amides is 2. The van der Waals surface area contributed by atoms with Crippen molar-refractivity contribution in [1.82, 2.24) is 10.2 Å². The van der Waals surface area contributed by atoms with Gasteiger partial charge in [-0.3, -0.25) is 14.5 Å². The Bertz CT molecular complexity index is 1320. The van der Waals surface area contributed by atoms with E-state index < -0.39 is 0 Å². The van der Waals surface area contributed by atoms with Crippen LogP contribution in [0.25, 0.3) is 6.08 Å². The molecule has 2 aliphatic heterocycles. The van der Waals surface area contributed by atoms with E-state index in [9.17, 15) is 14.0 Å². The fraction of sp³-hybridized carbons (Fsp3) is 0.267. The van der Waals surface area contributed by atoms with Gasteiger partial charge in [0.1, 0.15) is 5.82 Å². The summed E-state index contributed by atoms with van der Waals surface area (Å²) in [6.07, 6.45) is 2.71. The van der Waals surface area contributed by atoms with E-state index in [-0.39, 0.29) is 24.2 Å². The zero-order valence-corrected chi connectivity index (χ0v) is 21.9. The van der Waals surface area contributed by atoms with Crippen molar-refractivity contribution in [2.45, 2.75) is 17.9 Å². The summed E-state index contributed by atoms with van der Waals surface area (Å²) >= 11 is 1.40. The molecule has 0 saturated carbocycles. The second-order valence-electron chi connectivity index (χ2n) is 9.25. The minimum absolute atomic E-state index is 0.112. The lowest BCUT2D eigenvalue weighted by molar-refractivity contribution is -0.114. The topological polar surface area (TPSA) is 61.9 Å². The van der Waals surface area contributed by atoms with Crippen LogP contribution in [0.2, 0.25) is 0 Å². The van der Waals surface area contributed by atoms with E-state index in [4.69, 9.17) is 4.74 Å². The van der Waals surface area contributed by atoms with Crippen molar-refractivity contribution in [1.29, 1.82) is 0 Å². The highest BCUT2D eigenvalue weighted by Gasteiger charge is 2.29. The minimum Gasteiger partial charge on any atom is -0.379 e. The van der Waals surface area contributed by atoms with Crippen molar-refractivity contribution in [2.24, 2.45) is 0 Å². The summed E-state index contributed by atoms with van der Waals surface area (Å²) in [5.74, 6) is -0.630. The van der Waals surface area contributed by atoms with Crippen LogP contribution in [0.15, 0.2) is 82.6 Å². The molecule has 3 aromatic carbocycles. The molecule has 0 radical (unpaired) electrons. The van der Waals surface area contributed by atoms with Gasteiger partial charge >= 0.3 is 0 Å². The van der Waals surface area contributed by atoms with Gasteiger partial charge in [0.2, 0.25) is 0 Å². The number of carbonyl (C=O) groups is 2. The third-order valence-corrected chi connectivity index (χ3v) is 7.71. The highest BCUT2D eigenvalue weighted by Crippen LogP contribution is 2.42. The number of morpholine rings is 1. The molecule has 2 heterocycles. The van der Waals surface area contributed by atoms with Crippen LogP contribution < -0.4 is 10.2 Å². The van der Waals surface area contributed by atoms with Crippen molar-refractivity contribution in [3.63, 3.8) is 0 Å². The van der Waals surface area contributed by atoms with Crippen LogP contribution in [-0.2, 0) is 16.1 Å². The molecule has 6 nitrogen and oxygen atoms in total. The van der Waals surface area contributed by atoms with Gasteiger partial charge < -0.3 is 15.0 Å². The zero-order chi connectivity index (χ0) is 26.3. The molecule has 38 heavy (non-hydrogen) atoms. The van der Waals surface area contributed by atoms with Gasteiger partial charge in [-0.15, -0.1) is 0 Å². The Balaban J connectivity index is 1.24. The molecular formula is C30H30FN3O3S. The second kappa shape index (κ2) is 12.4. The van der Waals surface area contributed by atoms with Crippen LogP contribution in [0.1, 0.15) is 27.9 Å². The maximum absolute atomic E-state index is 14.4. The van der Waals surface area contributed by atoms with Crippen molar-refractivity contribution in [2.75, 3.05) is 44.3 Å². The minimum atomic E-state index is -0.337. The van der Waals surface area contributed by atoms with Crippen molar-refractivity contribution in [3.8, 4) is 0 Å². The number of hydrogen-bond donors (Lipinski definition) is 1. The Hall–Kier alpha value is -3.46.